The van der Waals surface area contributed by atoms with Crippen molar-refractivity contribution in [3.05, 3.63) is 12.7 Å². The average Bonchev–Trinajstić information content (AvgIpc) is 2.25. The predicted molar refractivity (Wildman–Crippen MR) is 69.6 cm³/mol. The van der Waals surface area contributed by atoms with E-state index in [1.807, 2.05) is 0 Å². The summed E-state index contributed by atoms with van der Waals surface area (Å²) in [6, 6.07) is -0.841. The number of amides is 1. The number of carbonyl (C=O) groups excluding carboxylic acids is 3. The molecule has 0 rings (SSSR count). The van der Waals surface area contributed by atoms with Crippen LogP contribution in [0.1, 0.15) is 33.6 Å². The number of carbonyl (C=O) groups is 3. The first kappa shape index (κ1) is 17.2. The lowest BCUT2D eigenvalue weighted by Gasteiger charge is -2.22. The topological polar surface area (TPSA) is 81.7 Å². The lowest BCUT2D eigenvalue weighted by atomic mass is 10.1. The van der Waals surface area contributed by atoms with Gasteiger partial charge in [0.1, 0.15) is 12.0 Å². The summed E-state index contributed by atoms with van der Waals surface area (Å²) >= 11 is 0. The summed E-state index contributed by atoms with van der Waals surface area (Å²) in [5, 5.41) is 2.41. The first-order valence-electron chi connectivity index (χ1n) is 5.89. The van der Waals surface area contributed by atoms with E-state index in [1.165, 1.54) is 13.2 Å². The predicted octanol–water partition coefficient (Wildman–Crippen LogP) is 1.59. The molecule has 1 N–H and O–H groups in total. The van der Waals surface area contributed by atoms with E-state index in [0.29, 0.717) is 0 Å². The summed E-state index contributed by atoms with van der Waals surface area (Å²) in [5.74, 6) is -1.09. The molecule has 6 nitrogen and oxygen atoms in total. The SMILES string of the molecule is C=CCC(NC(=O)OC(C)(C)C)C(=O)CC(=O)OC. The lowest BCUT2D eigenvalue weighted by molar-refractivity contribution is -0.143. The fourth-order valence-electron chi connectivity index (χ4n) is 1.22. The van der Waals surface area contributed by atoms with E-state index in [9.17, 15) is 14.4 Å². The van der Waals surface area contributed by atoms with Crippen LogP contribution in [0.5, 0.6) is 0 Å². The fraction of sp³-hybridized carbons (Fsp3) is 0.615. The molecule has 0 fully saturated rings. The van der Waals surface area contributed by atoms with Gasteiger partial charge in [-0.3, -0.25) is 9.59 Å². The largest absolute Gasteiger partial charge is 0.469 e. The van der Waals surface area contributed by atoms with E-state index in [-0.39, 0.29) is 6.42 Å². The van der Waals surface area contributed by atoms with Gasteiger partial charge in [-0.25, -0.2) is 4.79 Å². The number of hydrogen-bond donors (Lipinski definition) is 1. The Balaban J connectivity index is 4.56. The van der Waals surface area contributed by atoms with E-state index in [4.69, 9.17) is 4.74 Å². The number of methoxy groups -OCH3 is 1. The van der Waals surface area contributed by atoms with E-state index in [0.717, 1.165) is 0 Å². The Morgan fingerprint density at radius 3 is 2.32 bits per heavy atom. The average molecular weight is 271 g/mol. The fourth-order valence-corrected chi connectivity index (χ4v) is 1.22. The summed E-state index contributed by atoms with van der Waals surface area (Å²) in [6.07, 6.45) is 0.592. The molecule has 1 unspecified atom stereocenters. The summed E-state index contributed by atoms with van der Waals surface area (Å²) in [4.78, 5) is 34.4. The van der Waals surface area contributed by atoms with Crippen LogP contribution < -0.4 is 5.32 Å². The molecule has 1 amide bonds. The van der Waals surface area contributed by atoms with Gasteiger partial charge in [-0.05, 0) is 27.2 Å². The summed E-state index contributed by atoms with van der Waals surface area (Å²) in [6.45, 7) is 8.64. The summed E-state index contributed by atoms with van der Waals surface area (Å²) in [7, 11) is 1.19. The molecule has 0 spiro atoms. The molecular formula is C13H21NO5. The quantitative estimate of drug-likeness (QED) is 0.450. The molecule has 0 aromatic rings. The highest BCUT2D eigenvalue weighted by Gasteiger charge is 2.24. The van der Waals surface area contributed by atoms with Crippen molar-refractivity contribution in [3.63, 3.8) is 0 Å². The molecule has 0 aliphatic rings. The van der Waals surface area contributed by atoms with Crippen molar-refractivity contribution < 1.29 is 23.9 Å². The second kappa shape index (κ2) is 7.56. The number of hydrogen-bond acceptors (Lipinski definition) is 5. The Labute approximate surface area is 113 Å². The molecule has 0 bridgehead atoms. The van der Waals surface area contributed by atoms with Crippen molar-refractivity contribution in [1.82, 2.24) is 5.32 Å². The Hall–Kier alpha value is -1.85. The minimum Gasteiger partial charge on any atom is -0.469 e. The van der Waals surface area contributed by atoms with Crippen LogP contribution in [-0.2, 0) is 19.1 Å². The normalized spacial score (nSPS) is 12.2. The molecule has 0 aromatic heterocycles. The van der Waals surface area contributed by atoms with Crippen molar-refractivity contribution in [2.45, 2.75) is 45.3 Å². The van der Waals surface area contributed by atoms with Crippen molar-refractivity contribution in [1.29, 1.82) is 0 Å². The summed E-state index contributed by atoms with van der Waals surface area (Å²) < 4.78 is 9.45. The van der Waals surface area contributed by atoms with E-state index < -0.39 is 35.9 Å². The van der Waals surface area contributed by atoms with Gasteiger partial charge in [0.15, 0.2) is 5.78 Å². The van der Waals surface area contributed by atoms with Crippen molar-refractivity contribution in [2.75, 3.05) is 7.11 Å². The monoisotopic (exact) mass is 271 g/mol. The first-order valence-corrected chi connectivity index (χ1v) is 5.89. The molecule has 0 saturated carbocycles. The van der Waals surface area contributed by atoms with Crippen molar-refractivity contribution >= 4 is 17.8 Å². The number of Topliss-reactive ketones (excluding diaryl/α,β-unsaturated/α-hetero) is 1. The van der Waals surface area contributed by atoms with Gasteiger partial charge in [-0.2, -0.15) is 0 Å². The minimum atomic E-state index is -0.841. The number of ether oxygens (including phenoxy) is 2. The number of nitrogens with one attached hydrogen (secondary N) is 1. The van der Waals surface area contributed by atoms with Gasteiger partial charge in [0, 0.05) is 0 Å². The first-order chi connectivity index (χ1) is 8.69. The Bertz CT molecular complexity index is 357. The third-order valence-corrected chi connectivity index (χ3v) is 2.03. The van der Waals surface area contributed by atoms with Crippen LogP contribution in [0.15, 0.2) is 12.7 Å². The molecule has 0 aliphatic carbocycles. The van der Waals surface area contributed by atoms with Crippen LogP contribution in [0.25, 0.3) is 0 Å². The van der Waals surface area contributed by atoms with Gasteiger partial charge in [0.2, 0.25) is 0 Å². The molecule has 19 heavy (non-hydrogen) atoms. The second-order valence-electron chi connectivity index (χ2n) is 4.94. The Morgan fingerprint density at radius 1 is 1.32 bits per heavy atom. The maximum absolute atomic E-state index is 11.8. The highest BCUT2D eigenvalue weighted by Crippen LogP contribution is 2.08. The van der Waals surface area contributed by atoms with Crippen LogP contribution >= 0.6 is 0 Å². The molecular weight excluding hydrogens is 250 g/mol. The zero-order chi connectivity index (χ0) is 15.1. The number of ketones is 1. The molecule has 108 valence electrons. The standard InChI is InChI=1S/C13H21NO5/c1-6-7-9(10(15)8-11(16)18-5)14-12(17)19-13(2,3)4/h6,9H,1,7-8H2,2-5H3,(H,14,17). The maximum atomic E-state index is 11.8. The van der Waals surface area contributed by atoms with Crippen molar-refractivity contribution in [2.24, 2.45) is 0 Å². The van der Waals surface area contributed by atoms with Gasteiger partial charge in [-0.15, -0.1) is 6.58 Å². The zero-order valence-electron chi connectivity index (χ0n) is 11.8. The number of alkyl carbamates (subject to hydrolysis) is 1. The van der Waals surface area contributed by atoms with Crippen LogP contribution in [0.4, 0.5) is 4.79 Å². The van der Waals surface area contributed by atoms with Crippen LogP contribution in [-0.4, -0.2) is 36.6 Å². The van der Waals surface area contributed by atoms with Gasteiger partial charge >= 0.3 is 12.1 Å². The molecule has 0 aliphatic heterocycles. The molecule has 0 aromatic carbocycles. The second-order valence-corrected chi connectivity index (χ2v) is 4.94. The lowest BCUT2D eigenvalue weighted by Crippen LogP contribution is -2.43. The van der Waals surface area contributed by atoms with E-state index >= 15 is 0 Å². The molecule has 6 heteroatoms. The van der Waals surface area contributed by atoms with Gasteiger partial charge in [-0.1, -0.05) is 6.08 Å². The summed E-state index contributed by atoms with van der Waals surface area (Å²) in [5.41, 5.74) is -0.659. The van der Waals surface area contributed by atoms with E-state index in [1.54, 1.807) is 20.8 Å². The zero-order valence-corrected chi connectivity index (χ0v) is 11.8. The van der Waals surface area contributed by atoms with Crippen LogP contribution in [0.2, 0.25) is 0 Å². The van der Waals surface area contributed by atoms with Gasteiger partial charge in [0.25, 0.3) is 0 Å². The van der Waals surface area contributed by atoms with Crippen LogP contribution in [0, 0.1) is 0 Å². The minimum absolute atomic E-state index is 0.217. The number of esters is 1. The Kier molecular flexibility index (Phi) is 6.82. The highest BCUT2D eigenvalue weighted by atomic mass is 16.6. The number of rotatable bonds is 6. The maximum Gasteiger partial charge on any atom is 0.408 e. The highest BCUT2D eigenvalue weighted by molar-refractivity contribution is 5.99. The smallest absolute Gasteiger partial charge is 0.408 e. The third-order valence-electron chi connectivity index (χ3n) is 2.03. The van der Waals surface area contributed by atoms with E-state index in [2.05, 4.69) is 16.6 Å². The third kappa shape index (κ3) is 7.96. The molecule has 0 radical (unpaired) electrons. The molecule has 0 heterocycles. The van der Waals surface area contributed by atoms with Gasteiger partial charge < -0.3 is 14.8 Å². The van der Waals surface area contributed by atoms with Crippen molar-refractivity contribution in [3.8, 4) is 0 Å². The van der Waals surface area contributed by atoms with Gasteiger partial charge in [0.05, 0.1) is 13.2 Å². The molecule has 1 atom stereocenters. The van der Waals surface area contributed by atoms with Crippen LogP contribution in [0.3, 0.4) is 0 Å². The Morgan fingerprint density at radius 2 is 1.89 bits per heavy atom. The molecule has 0 saturated heterocycles.